The van der Waals surface area contributed by atoms with Crippen LogP contribution in [0.3, 0.4) is 0 Å². The largest absolute Gasteiger partial charge is 0.491 e. The number of urea groups is 1. The Labute approximate surface area is 465 Å². The lowest BCUT2D eigenvalue weighted by atomic mass is 9.65. The molecule has 1 aromatic heterocycles. The molecule has 2 aliphatic carbocycles. The number of ether oxygens (including phenoxy) is 3. The summed E-state index contributed by atoms with van der Waals surface area (Å²) in [4.78, 5) is 82.5. The number of piperazine rings is 1. The van der Waals surface area contributed by atoms with Crippen molar-refractivity contribution >= 4 is 63.7 Å². The van der Waals surface area contributed by atoms with Gasteiger partial charge in [-0.05, 0) is 170 Å². The van der Waals surface area contributed by atoms with Gasteiger partial charge in [0.1, 0.15) is 29.6 Å². The van der Waals surface area contributed by atoms with E-state index in [9.17, 15) is 37.1 Å². The van der Waals surface area contributed by atoms with E-state index in [2.05, 4.69) is 20.4 Å². The predicted octanol–water partition coefficient (Wildman–Crippen LogP) is 10.7. The number of nitrogens with one attached hydrogen (secondary N) is 2. The molecule has 3 saturated heterocycles. The molecule has 1 atom stereocenters. The van der Waals surface area contributed by atoms with Crippen molar-refractivity contribution in [2.75, 3.05) is 82.9 Å². The highest BCUT2D eigenvalue weighted by molar-refractivity contribution is 6.34. The number of benzene rings is 3. The van der Waals surface area contributed by atoms with E-state index in [0.717, 1.165) is 102 Å². The lowest BCUT2D eigenvalue weighted by molar-refractivity contribution is -0.139. The van der Waals surface area contributed by atoms with Crippen LogP contribution in [0.5, 0.6) is 5.75 Å². The maximum atomic E-state index is 14.2. The number of halogens is 4. The van der Waals surface area contributed by atoms with Crippen LogP contribution in [-0.2, 0) is 25.2 Å². The number of anilines is 2. The van der Waals surface area contributed by atoms with Gasteiger partial charge >= 0.3 is 18.2 Å². The summed E-state index contributed by atoms with van der Waals surface area (Å²) in [6.45, 7) is 14.8. The monoisotopic (exact) mass is 1110 g/mol. The number of esters is 1. The number of methoxy groups -OCH3 is 1. The number of nitrogens with zero attached hydrogens (tertiary/aromatic N) is 6. The Kier molecular flexibility index (Phi) is 17.5. The molecule has 4 aromatic rings. The van der Waals surface area contributed by atoms with Gasteiger partial charge in [-0.2, -0.15) is 13.2 Å². The molecule has 1 spiro atoms. The van der Waals surface area contributed by atoms with Gasteiger partial charge in [0.2, 0.25) is 11.8 Å². The number of piperidine rings is 1. The number of alkyl halides is 3. The zero-order valence-electron chi connectivity index (χ0n) is 46.2. The summed E-state index contributed by atoms with van der Waals surface area (Å²) in [5.41, 5.74) is 0.836. The first-order valence-electron chi connectivity index (χ1n) is 27.9. The Morgan fingerprint density at radius 2 is 1.54 bits per heavy atom. The summed E-state index contributed by atoms with van der Waals surface area (Å²) in [5, 5.41) is 6.67. The molecule has 0 unspecified atom stereocenters. The number of carbonyl (C=O) groups excluding carboxylic acids is 5. The minimum absolute atomic E-state index is 0.0638. The van der Waals surface area contributed by atoms with E-state index in [1.54, 1.807) is 59.9 Å². The van der Waals surface area contributed by atoms with Crippen LogP contribution in [0.25, 0.3) is 10.9 Å². The van der Waals surface area contributed by atoms with E-state index in [1.165, 1.54) is 11.0 Å². The number of imide groups is 1. The fraction of sp³-hybridized carbons (Fsp3) is 0.576. The number of carbonyl (C=O) groups is 5. The van der Waals surface area contributed by atoms with Crippen LogP contribution < -0.4 is 20.3 Å². The van der Waals surface area contributed by atoms with E-state index in [4.69, 9.17) is 35.8 Å². The van der Waals surface area contributed by atoms with E-state index in [1.807, 2.05) is 17.0 Å². The van der Waals surface area contributed by atoms with Gasteiger partial charge in [0, 0.05) is 88.8 Å². The van der Waals surface area contributed by atoms with Crippen molar-refractivity contribution in [3.8, 4) is 5.75 Å². The number of fused-ring (bicyclic) bond motifs is 1. The van der Waals surface area contributed by atoms with Crippen LogP contribution in [0.4, 0.5) is 29.5 Å². The Morgan fingerprint density at radius 1 is 0.835 bits per heavy atom. The second kappa shape index (κ2) is 24.0. The molecule has 2 saturated carbocycles. The molecule has 9 rings (SSSR count). The molecule has 3 aliphatic heterocycles. The summed E-state index contributed by atoms with van der Waals surface area (Å²) in [7, 11) is 1.61. The summed E-state index contributed by atoms with van der Waals surface area (Å²) < 4.78 is 59.7. The molecule has 4 heterocycles. The third kappa shape index (κ3) is 13.8. The summed E-state index contributed by atoms with van der Waals surface area (Å²) in [6.07, 6.45) is 4.93. The molecule has 0 bridgehead atoms. The molecule has 3 aromatic carbocycles. The lowest BCUT2D eigenvalue weighted by Gasteiger charge is -2.47. The number of likely N-dealkylation sites (tertiary alicyclic amines) is 1. The minimum atomic E-state index is -4.70. The quantitative estimate of drug-likeness (QED) is 0.0904. The summed E-state index contributed by atoms with van der Waals surface area (Å²) in [6, 6.07) is 10.9. The average molecular weight is 1120 g/mol. The van der Waals surface area contributed by atoms with Crippen molar-refractivity contribution in [1.82, 2.24) is 30.0 Å². The van der Waals surface area contributed by atoms with Crippen molar-refractivity contribution < 1.29 is 51.4 Å². The number of rotatable bonds is 14. The molecule has 0 radical (unpaired) electrons. The van der Waals surface area contributed by atoms with Gasteiger partial charge in [-0.15, -0.1) is 0 Å². The molecule has 5 amide bonds. The molecule has 16 nitrogen and oxygen atoms in total. The fourth-order valence-electron chi connectivity index (χ4n) is 12.3. The van der Waals surface area contributed by atoms with Crippen molar-refractivity contribution in [1.29, 1.82) is 0 Å². The molecule has 2 N–H and O–H groups in total. The zero-order chi connectivity index (χ0) is 56.4. The maximum absolute atomic E-state index is 14.2. The zero-order valence-corrected chi connectivity index (χ0v) is 47.0. The molecule has 20 heteroatoms. The molecular formula is C59H74ClF3N8O8. The number of aryl methyl sites for hydroxylation is 1. The van der Waals surface area contributed by atoms with Gasteiger partial charge in [0.05, 0.1) is 40.0 Å². The van der Waals surface area contributed by atoms with E-state index in [-0.39, 0.29) is 59.1 Å². The van der Waals surface area contributed by atoms with Crippen LogP contribution in [-0.4, -0.2) is 133 Å². The first-order chi connectivity index (χ1) is 37.5. The number of hydrogen-bond acceptors (Lipinski definition) is 12. The Morgan fingerprint density at radius 3 is 2.20 bits per heavy atom. The van der Waals surface area contributed by atoms with Gasteiger partial charge in [0.25, 0.3) is 5.91 Å². The fourth-order valence-corrected chi connectivity index (χ4v) is 12.5. The number of hydrogen-bond donors (Lipinski definition) is 2. The number of aromatic nitrogens is 2. The highest BCUT2D eigenvalue weighted by atomic mass is 35.5. The second-order valence-electron chi connectivity index (χ2n) is 23.4. The topological polar surface area (TPSA) is 176 Å². The summed E-state index contributed by atoms with van der Waals surface area (Å²) >= 11 is 6.46. The van der Waals surface area contributed by atoms with Gasteiger partial charge in [-0.3, -0.25) is 29.5 Å². The van der Waals surface area contributed by atoms with E-state index in [0.29, 0.717) is 89.9 Å². The van der Waals surface area contributed by atoms with Gasteiger partial charge in [0.15, 0.2) is 0 Å². The van der Waals surface area contributed by atoms with Crippen LogP contribution >= 0.6 is 11.6 Å². The highest BCUT2D eigenvalue weighted by Crippen LogP contribution is 2.48. The molecular weight excluding hydrogens is 1040 g/mol. The predicted molar refractivity (Wildman–Crippen MR) is 294 cm³/mol. The van der Waals surface area contributed by atoms with Crippen molar-refractivity contribution in [3.63, 3.8) is 0 Å². The lowest BCUT2D eigenvalue weighted by Crippen LogP contribution is -2.52. The third-order valence-corrected chi connectivity index (χ3v) is 17.1. The molecule has 5 fully saturated rings. The summed E-state index contributed by atoms with van der Waals surface area (Å²) in [5.74, 6) is 1.07. The van der Waals surface area contributed by atoms with Crippen LogP contribution in [0, 0.1) is 24.2 Å². The normalized spacial score (nSPS) is 21.0. The Hall–Kier alpha value is -6.05. The molecule has 5 aliphatic rings. The van der Waals surface area contributed by atoms with Crippen LogP contribution in [0.15, 0.2) is 48.5 Å². The number of amides is 5. The minimum Gasteiger partial charge on any atom is -0.491 e. The first kappa shape index (κ1) is 57.6. The maximum Gasteiger partial charge on any atom is 0.416 e. The smallest absolute Gasteiger partial charge is 0.416 e. The third-order valence-electron chi connectivity index (χ3n) is 16.8. The van der Waals surface area contributed by atoms with Gasteiger partial charge in [-0.1, -0.05) is 11.6 Å². The van der Waals surface area contributed by atoms with Crippen molar-refractivity contribution in [3.05, 3.63) is 87.2 Å². The van der Waals surface area contributed by atoms with E-state index < -0.39 is 35.4 Å². The second-order valence-corrected chi connectivity index (χ2v) is 23.8. The van der Waals surface area contributed by atoms with Crippen molar-refractivity contribution in [2.24, 2.45) is 17.3 Å². The average Bonchev–Trinajstić information content (AvgIpc) is 3.54. The van der Waals surface area contributed by atoms with E-state index >= 15 is 0 Å². The van der Waals surface area contributed by atoms with Crippen molar-refractivity contribution in [2.45, 2.75) is 129 Å². The van der Waals surface area contributed by atoms with Gasteiger partial charge in [-0.25, -0.2) is 19.6 Å². The Balaban J connectivity index is 0.773. The standard InChI is InChI=1S/C59H74ClF3N8O8/c1-36(42-29-43(55(75)79-57(3,4)5)31-44(30-42)59(61,62)63)64-52-46-33-45(50(78-28-27-77-6)34-48(46)65-37(2)66-52)39-7-9-40(10-8-39)53(73)70-25-23-68(24-26-70)35-38-13-16-58(17-14-38)18-21-69(22-19-58)54(74)41-11-12-47(60)49(32-41)71-20-15-51(72)67-56(71)76/h11-12,29-34,36,38-40H,7-10,13-28,35H2,1-6H3,(H,64,65,66)(H,67,72,76)/t36-,39?,40?/m1/s1. The van der Waals surface area contributed by atoms with Crippen LogP contribution in [0.2, 0.25) is 5.02 Å². The SMILES string of the molecule is COCCOc1cc2nc(C)nc(N[C@H](C)c3cc(C(=O)OC(C)(C)C)cc(C(F)(F)F)c3)c2cc1C1CCC(C(=O)N2CCN(CC3CCC4(CC3)CCN(C(=O)c3ccc(Cl)c(N5CCC(=O)NC5=O)c3)CC4)CC2)CC1. The Bertz CT molecular complexity index is 2920. The van der Waals surface area contributed by atoms with Gasteiger partial charge < -0.3 is 29.3 Å². The van der Waals surface area contributed by atoms with Crippen LogP contribution in [0.1, 0.15) is 154 Å². The first-order valence-corrected chi connectivity index (χ1v) is 28.3. The molecule has 79 heavy (non-hydrogen) atoms. The highest BCUT2D eigenvalue weighted by Gasteiger charge is 2.41. The molecule has 426 valence electrons.